The number of fused-ring (bicyclic) bond motifs is 1. The van der Waals surface area contributed by atoms with Crippen molar-refractivity contribution in [2.45, 2.75) is 6.92 Å². The van der Waals surface area contributed by atoms with Gasteiger partial charge in [-0.15, -0.1) is 0 Å². The van der Waals surface area contributed by atoms with E-state index in [-0.39, 0.29) is 5.02 Å². The first kappa shape index (κ1) is 13.4. The molecule has 0 saturated heterocycles. The van der Waals surface area contributed by atoms with Crippen LogP contribution in [0.15, 0.2) is 40.4 Å². The molecule has 3 aromatic rings. The number of anilines is 1. The maximum Gasteiger partial charge on any atom is 0.285 e. The van der Waals surface area contributed by atoms with Crippen molar-refractivity contribution >= 4 is 34.4 Å². The Labute approximate surface area is 124 Å². The Balaban J connectivity index is 1.90. The minimum absolute atomic E-state index is 0.0257. The third kappa shape index (κ3) is 2.53. The Morgan fingerprint density at radius 2 is 2.19 bits per heavy atom. The average Bonchev–Trinajstić information content (AvgIpc) is 2.80. The molecule has 3 N–H and O–H groups in total. The summed E-state index contributed by atoms with van der Waals surface area (Å²) in [6.45, 7) is 1.98. The molecule has 0 saturated carbocycles. The molecular weight excluding hydrogens is 290 g/mol. The number of aromatic amines is 2. The number of nitrogens with zero attached hydrogens (tertiary/aromatic N) is 2. The van der Waals surface area contributed by atoms with Gasteiger partial charge in [0.1, 0.15) is 10.7 Å². The van der Waals surface area contributed by atoms with Gasteiger partial charge in [-0.2, -0.15) is 10.2 Å². The van der Waals surface area contributed by atoms with E-state index in [4.69, 9.17) is 11.6 Å². The van der Waals surface area contributed by atoms with Crippen LogP contribution in [0.5, 0.6) is 0 Å². The van der Waals surface area contributed by atoms with Gasteiger partial charge in [0.2, 0.25) is 0 Å². The predicted octanol–water partition coefficient (Wildman–Crippen LogP) is 2.66. The van der Waals surface area contributed by atoms with E-state index in [1.54, 1.807) is 6.21 Å². The van der Waals surface area contributed by atoms with Crippen molar-refractivity contribution < 1.29 is 0 Å². The highest BCUT2D eigenvalue weighted by Crippen LogP contribution is 2.20. The second-order valence-electron chi connectivity index (χ2n) is 4.51. The minimum atomic E-state index is -0.458. The van der Waals surface area contributed by atoms with Crippen molar-refractivity contribution in [2.75, 3.05) is 5.43 Å². The predicted molar refractivity (Wildman–Crippen MR) is 84.1 cm³/mol. The van der Waals surface area contributed by atoms with Crippen LogP contribution < -0.4 is 11.0 Å². The van der Waals surface area contributed by atoms with Crippen molar-refractivity contribution in [1.82, 2.24) is 15.2 Å². The van der Waals surface area contributed by atoms with E-state index in [1.165, 1.54) is 6.20 Å². The largest absolute Gasteiger partial charge is 0.358 e. The first-order chi connectivity index (χ1) is 10.2. The molecule has 0 aliphatic rings. The molecule has 106 valence electrons. The zero-order valence-electron chi connectivity index (χ0n) is 11.1. The van der Waals surface area contributed by atoms with Crippen LogP contribution in [0.3, 0.4) is 0 Å². The fourth-order valence-electron chi connectivity index (χ4n) is 2.09. The fraction of sp³-hybridized carbons (Fsp3) is 0.0714. The van der Waals surface area contributed by atoms with Gasteiger partial charge >= 0.3 is 0 Å². The molecule has 6 nitrogen and oxygen atoms in total. The molecule has 0 amide bonds. The van der Waals surface area contributed by atoms with Crippen molar-refractivity contribution in [3.8, 4) is 0 Å². The Morgan fingerprint density at radius 3 is 3.05 bits per heavy atom. The maximum absolute atomic E-state index is 11.3. The molecule has 21 heavy (non-hydrogen) atoms. The molecule has 0 aliphatic heterocycles. The molecule has 0 bridgehead atoms. The van der Waals surface area contributed by atoms with Crippen LogP contribution in [0.2, 0.25) is 5.02 Å². The number of H-pyrrole nitrogens is 2. The Hall–Kier alpha value is -2.60. The van der Waals surface area contributed by atoms with Crippen LogP contribution in [-0.4, -0.2) is 21.4 Å². The highest BCUT2D eigenvalue weighted by Gasteiger charge is 2.06. The third-order valence-electron chi connectivity index (χ3n) is 3.12. The Kier molecular flexibility index (Phi) is 3.45. The number of hydrogen-bond donors (Lipinski definition) is 3. The smallest absolute Gasteiger partial charge is 0.285 e. The van der Waals surface area contributed by atoms with E-state index < -0.39 is 5.56 Å². The summed E-state index contributed by atoms with van der Waals surface area (Å²) in [4.78, 5) is 14.6. The molecule has 2 aromatic heterocycles. The lowest BCUT2D eigenvalue weighted by Crippen LogP contribution is -2.10. The van der Waals surface area contributed by atoms with Crippen molar-refractivity contribution in [3.63, 3.8) is 0 Å². The molecule has 7 heteroatoms. The lowest BCUT2D eigenvalue weighted by molar-refractivity contribution is 0.987. The number of hydrogen-bond acceptors (Lipinski definition) is 4. The summed E-state index contributed by atoms with van der Waals surface area (Å²) in [5.74, 6) is 0. The quantitative estimate of drug-likeness (QED) is 0.513. The van der Waals surface area contributed by atoms with Crippen LogP contribution in [-0.2, 0) is 0 Å². The molecule has 1 aromatic carbocycles. The molecular formula is C14H12ClN5O. The Bertz CT molecular complexity index is 880. The van der Waals surface area contributed by atoms with Crippen molar-refractivity contribution in [1.29, 1.82) is 0 Å². The molecule has 0 radical (unpaired) electrons. The zero-order valence-corrected chi connectivity index (χ0v) is 11.9. The van der Waals surface area contributed by atoms with Gasteiger partial charge in [-0.1, -0.05) is 29.8 Å². The van der Waals surface area contributed by atoms with E-state index in [0.29, 0.717) is 5.69 Å². The summed E-state index contributed by atoms with van der Waals surface area (Å²) < 4.78 is 0. The van der Waals surface area contributed by atoms with E-state index in [1.807, 2.05) is 31.2 Å². The highest BCUT2D eigenvalue weighted by atomic mass is 35.5. The first-order valence-corrected chi connectivity index (χ1v) is 6.64. The standard InChI is InChI=1S/C14H12ClN5O/c1-8-10(9-4-2-3-5-11(9)18-8)6-16-19-12-7-17-20-14(21)13(12)15/h2-7,18H,1H3,(H2,19,20,21)/b16-6-. The van der Waals surface area contributed by atoms with Crippen LogP contribution in [0.1, 0.15) is 11.3 Å². The number of aryl methyl sites for hydroxylation is 1. The van der Waals surface area contributed by atoms with Crippen LogP contribution in [0, 0.1) is 6.92 Å². The molecule has 0 aliphatic carbocycles. The summed E-state index contributed by atoms with van der Waals surface area (Å²) in [6, 6.07) is 7.96. The van der Waals surface area contributed by atoms with Gasteiger partial charge in [0.15, 0.2) is 0 Å². The highest BCUT2D eigenvalue weighted by molar-refractivity contribution is 6.32. The summed E-state index contributed by atoms with van der Waals surface area (Å²) in [5, 5.41) is 11.1. The second-order valence-corrected chi connectivity index (χ2v) is 4.88. The van der Waals surface area contributed by atoms with Gasteiger partial charge in [-0.05, 0) is 13.0 Å². The average molecular weight is 302 g/mol. The molecule has 3 rings (SSSR count). The SMILES string of the molecule is Cc1[nH]c2ccccc2c1/C=N\Nc1cn[nH]c(=O)c1Cl. The van der Waals surface area contributed by atoms with Gasteiger partial charge in [0.05, 0.1) is 12.4 Å². The fourth-order valence-corrected chi connectivity index (χ4v) is 2.23. The summed E-state index contributed by atoms with van der Waals surface area (Å²) >= 11 is 5.85. The van der Waals surface area contributed by atoms with E-state index in [2.05, 4.69) is 25.7 Å². The number of halogens is 1. The molecule has 0 atom stereocenters. The van der Waals surface area contributed by atoms with E-state index in [9.17, 15) is 4.79 Å². The number of nitrogens with one attached hydrogen (secondary N) is 3. The van der Waals surface area contributed by atoms with Crippen LogP contribution >= 0.6 is 11.6 Å². The Morgan fingerprint density at radius 1 is 1.38 bits per heavy atom. The first-order valence-electron chi connectivity index (χ1n) is 6.26. The van der Waals surface area contributed by atoms with Crippen LogP contribution in [0.25, 0.3) is 10.9 Å². The van der Waals surface area contributed by atoms with Crippen molar-refractivity contribution in [3.05, 3.63) is 57.1 Å². The van der Waals surface area contributed by atoms with E-state index >= 15 is 0 Å². The van der Waals surface area contributed by atoms with E-state index in [0.717, 1.165) is 22.2 Å². The monoisotopic (exact) mass is 301 g/mol. The topological polar surface area (TPSA) is 85.9 Å². The van der Waals surface area contributed by atoms with Crippen LogP contribution in [0.4, 0.5) is 5.69 Å². The number of aromatic nitrogens is 3. The molecule has 0 unspecified atom stereocenters. The molecule has 0 fully saturated rings. The summed E-state index contributed by atoms with van der Waals surface area (Å²) in [5.41, 5.74) is 5.66. The molecule has 2 heterocycles. The lowest BCUT2D eigenvalue weighted by Gasteiger charge is -2.00. The number of benzene rings is 1. The van der Waals surface area contributed by atoms with Gasteiger partial charge in [0, 0.05) is 22.2 Å². The maximum atomic E-state index is 11.3. The van der Waals surface area contributed by atoms with Gasteiger partial charge in [-0.25, -0.2) is 5.10 Å². The molecule has 0 spiro atoms. The summed E-state index contributed by atoms with van der Waals surface area (Å²) in [6.07, 6.45) is 3.09. The van der Waals surface area contributed by atoms with Crippen molar-refractivity contribution in [2.24, 2.45) is 5.10 Å². The van der Waals surface area contributed by atoms with Gasteiger partial charge in [-0.3, -0.25) is 10.2 Å². The third-order valence-corrected chi connectivity index (χ3v) is 3.49. The zero-order chi connectivity index (χ0) is 14.8. The number of hydrazone groups is 1. The van der Waals surface area contributed by atoms with Gasteiger partial charge < -0.3 is 4.98 Å². The minimum Gasteiger partial charge on any atom is -0.358 e. The number of rotatable bonds is 3. The summed E-state index contributed by atoms with van der Waals surface area (Å²) in [7, 11) is 0. The normalized spacial score (nSPS) is 11.3. The number of para-hydroxylation sites is 1. The second kappa shape index (κ2) is 5.41. The lowest BCUT2D eigenvalue weighted by atomic mass is 10.1. The van der Waals surface area contributed by atoms with Gasteiger partial charge in [0.25, 0.3) is 5.56 Å².